The van der Waals surface area contributed by atoms with Crippen molar-refractivity contribution in [3.05, 3.63) is 29.3 Å². The zero-order valence-corrected chi connectivity index (χ0v) is 18.9. The molecule has 2 aliphatic rings. The van der Waals surface area contributed by atoms with E-state index >= 15 is 0 Å². The Labute approximate surface area is 181 Å². The Bertz CT molecular complexity index is 722. The van der Waals surface area contributed by atoms with Crippen LogP contribution in [0.1, 0.15) is 82.8 Å². The molecule has 30 heavy (non-hydrogen) atoms. The highest BCUT2D eigenvalue weighted by molar-refractivity contribution is 5.67. The highest BCUT2D eigenvalue weighted by Gasteiger charge is 2.47. The summed E-state index contributed by atoms with van der Waals surface area (Å²) in [5, 5.41) is 23.5. The zero-order valence-electron chi connectivity index (χ0n) is 18.9. The molecule has 0 amide bonds. The van der Waals surface area contributed by atoms with Gasteiger partial charge in [-0.25, -0.2) is 0 Å². The van der Waals surface area contributed by atoms with Gasteiger partial charge in [0.15, 0.2) is 0 Å². The van der Waals surface area contributed by atoms with Gasteiger partial charge in [0.1, 0.15) is 5.75 Å². The first-order valence-corrected chi connectivity index (χ1v) is 11.7. The highest BCUT2D eigenvalue weighted by Crippen LogP contribution is 2.46. The van der Waals surface area contributed by atoms with E-state index < -0.39 is 5.97 Å². The van der Waals surface area contributed by atoms with Crippen LogP contribution >= 0.6 is 0 Å². The van der Waals surface area contributed by atoms with Crippen LogP contribution in [-0.4, -0.2) is 42.0 Å². The van der Waals surface area contributed by atoms with E-state index in [0.717, 1.165) is 57.9 Å². The zero-order chi connectivity index (χ0) is 21.8. The molecule has 0 saturated heterocycles. The molecule has 0 aromatic heterocycles. The van der Waals surface area contributed by atoms with Crippen LogP contribution in [0.25, 0.3) is 0 Å². The number of carboxylic acids is 1. The van der Waals surface area contributed by atoms with E-state index in [1.54, 1.807) is 13.2 Å². The molecule has 0 radical (unpaired) electrons. The van der Waals surface area contributed by atoms with E-state index in [2.05, 4.69) is 19.2 Å². The predicted molar refractivity (Wildman–Crippen MR) is 119 cm³/mol. The van der Waals surface area contributed by atoms with Crippen LogP contribution in [0.3, 0.4) is 0 Å². The number of phenols is 1. The molecular formula is C25H39NO4. The SMILES string of the molecule is CCC1(CC)c2cc(O)ccc2C[C@@H](OC)[C@@H]1NCCC1(CC(=O)O)CCCCC1. The van der Waals surface area contributed by atoms with E-state index in [1.807, 2.05) is 12.1 Å². The largest absolute Gasteiger partial charge is 0.508 e. The van der Waals surface area contributed by atoms with E-state index in [0.29, 0.717) is 5.75 Å². The molecule has 0 bridgehead atoms. The quantitative estimate of drug-likeness (QED) is 0.538. The third-order valence-electron chi connectivity index (χ3n) is 8.04. The van der Waals surface area contributed by atoms with E-state index in [9.17, 15) is 15.0 Å². The number of hydrogen-bond acceptors (Lipinski definition) is 4. The van der Waals surface area contributed by atoms with Gasteiger partial charge in [-0.2, -0.15) is 0 Å². The molecule has 1 aromatic carbocycles. The molecule has 2 aliphatic carbocycles. The Morgan fingerprint density at radius 2 is 1.90 bits per heavy atom. The Morgan fingerprint density at radius 1 is 1.20 bits per heavy atom. The number of ether oxygens (including phenoxy) is 1. The van der Waals surface area contributed by atoms with Crippen molar-refractivity contribution < 1.29 is 19.7 Å². The fourth-order valence-corrected chi connectivity index (χ4v) is 6.31. The predicted octanol–water partition coefficient (Wildman–Crippen LogP) is 4.79. The normalized spacial score (nSPS) is 24.9. The van der Waals surface area contributed by atoms with E-state index in [1.165, 1.54) is 17.5 Å². The van der Waals surface area contributed by atoms with Crippen molar-refractivity contribution in [1.82, 2.24) is 5.32 Å². The lowest BCUT2D eigenvalue weighted by Gasteiger charge is -2.49. The molecule has 0 unspecified atom stereocenters. The maximum absolute atomic E-state index is 11.5. The van der Waals surface area contributed by atoms with Crippen molar-refractivity contribution in [3.8, 4) is 5.75 Å². The third-order valence-corrected chi connectivity index (χ3v) is 8.04. The Kier molecular flexibility index (Phi) is 7.46. The fourth-order valence-electron chi connectivity index (χ4n) is 6.31. The summed E-state index contributed by atoms with van der Waals surface area (Å²) in [5.41, 5.74) is 2.30. The highest BCUT2D eigenvalue weighted by atomic mass is 16.5. The number of rotatable bonds is 9. The first-order chi connectivity index (χ1) is 14.4. The average Bonchev–Trinajstić information content (AvgIpc) is 2.73. The van der Waals surface area contributed by atoms with Gasteiger partial charge in [-0.05, 0) is 67.3 Å². The molecule has 0 heterocycles. The number of hydrogen-bond donors (Lipinski definition) is 3. The van der Waals surface area contributed by atoms with Crippen LogP contribution in [0, 0.1) is 5.41 Å². The van der Waals surface area contributed by atoms with Gasteiger partial charge in [-0.1, -0.05) is 39.2 Å². The summed E-state index contributed by atoms with van der Waals surface area (Å²) in [7, 11) is 1.79. The number of aliphatic carboxylic acids is 1. The van der Waals surface area contributed by atoms with Crippen LogP contribution < -0.4 is 5.32 Å². The van der Waals surface area contributed by atoms with Crippen molar-refractivity contribution >= 4 is 5.97 Å². The van der Waals surface area contributed by atoms with Gasteiger partial charge in [-0.3, -0.25) is 4.79 Å². The molecule has 1 aromatic rings. The Morgan fingerprint density at radius 3 is 2.50 bits per heavy atom. The van der Waals surface area contributed by atoms with Crippen LogP contribution in [0.15, 0.2) is 18.2 Å². The maximum Gasteiger partial charge on any atom is 0.303 e. The number of carboxylic acid groups (broad SMARTS) is 1. The molecule has 168 valence electrons. The lowest BCUT2D eigenvalue weighted by Crippen LogP contribution is -2.59. The summed E-state index contributed by atoms with van der Waals surface area (Å²) >= 11 is 0. The topological polar surface area (TPSA) is 78.8 Å². The summed E-state index contributed by atoms with van der Waals surface area (Å²) in [5.74, 6) is -0.359. The first-order valence-electron chi connectivity index (χ1n) is 11.7. The molecule has 5 heteroatoms. The molecule has 0 aliphatic heterocycles. The molecule has 0 spiro atoms. The number of carbonyl (C=O) groups is 1. The number of fused-ring (bicyclic) bond motifs is 1. The average molecular weight is 418 g/mol. The van der Waals surface area contributed by atoms with Crippen LogP contribution in [0.5, 0.6) is 5.75 Å². The minimum absolute atomic E-state index is 0.0590. The second-order valence-corrected chi connectivity index (χ2v) is 9.50. The minimum Gasteiger partial charge on any atom is -0.508 e. The molecule has 1 fully saturated rings. The number of nitrogens with one attached hydrogen (secondary N) is 1. The van der Waals surface area contributed by atoms with Crippen LogP contribution in [0.4, 0.5) is 0 Å². The van der Waals surface area contributed by atoms with Crippen molar-refractivity contribution in [2.24, 2.45) is 5.41 Å². The number of methoxy groups -OCH3 is 1. The summed E-state index contributed by atoms with van der Waals surface area (Å²) < 4.78 is 5.96. The van der Waals surface area contributed by atoms with Gasteiger partial charge >= 0.3 is 5.97 Å². The molecule has 5 nitrogen and oxygen atoms in total. The second kappa shape index (κ2) is 9.69. The number of aromatic hydroxyl groups is 1. The lowest BCUT2D eigenvalue weighted by molar-refractivity contribution is -0.140. The third kappa shape index (κ3) is 4.52. The van der Waals surface area contributed by atoms with Gasteiger partial charge in [0.25, 0.3) is 0 Å². The smallest absolute Gasteiger partial charge is 0.303 e. The van der Waals surface area contributed by atoms with Crippen LogP contribution in [-0.2, 0) is 21.4 Å². The summed E-state index contributed by atoms with van der Waals surface area (Å²) in [6.07, 6.45) is 9.49. The van der Waals surface area contributed by atoms with Crippen molar-refractivity contribution in [2.75, 3.05) is 13.7 Å². The van der Waals surface area contributed by atoms with Gasteiger partial charge in [0.2, 0.25) is 0 Å². The molecular weight excluding hydrogens is 378 g/mol. The van der Waals surface area contributed by atoms with Gasteiger partial charge < -0.3 is 20.3 Å². The van der Waals surface area contributed by atoms with Gasteiger partial charge in [0.05, 0.1) is 12.5 Å². The number of benzene rings is 1. The second-order valence-electron chi connectivity index (χ2n) is 9.50. The van der Waals surface area contributed by atoms with Gasteiger partial charge in [-0.15, -0.1) is 0 Å². The van der Waals surface area contributed by atoms with Crippen molar-refractivity contribution in [3.63, 3.8) is 0 Å². The molecule has 3 rings (SSSR count). The van der Waals surface area contributed by atoms with Crippen molar-refractivity contribution in [2.45, 2.75) is 95.6 Å². The maximum atomic E-state index is 11.5. The van der Waals surface area contributed by atoms with Crippen LogP contribution in [0.2, 0.25) is 0 Å². The summed E-state index contributed by atoms with van der Waals surface area (Å²) in [6.45, 7) is 5.24. The number of phenolic OH excluding ortho intramolecular Hbond substituents is 1. The summed E-state index contributed by atoms with van der Waals surface area (Å²) in [6, 6.07) is 5.89. The molecule has 3 N–H and O–H groups in total. The molecule has 2 atom stereocenters. The first kappa shape index (κ1) is 23.1. The fraction of sp³-hybridized carbons (Fsp3) is 0.720. The minimum atomic E-state index is -0.676. The Hall–Kier alpha value is -1.59. The van der Waals surface area contributed by atoms with E-state index in [4.69, 9.17) is 4.74 Å². The van der Waals surface area contributed by atoms with Crippen molar-refractivity contribution in [1.29, 1.82) is 0 Å². The standard InChI is InChI=1S/C25H39NO4/c1-4-25(5-2)20-16-19(27)10-9-18(20)15-21(30-3)23(25)26-14-13-24(17-22(28)29)11-7-6-8-12-24/h9-10,16,21,23,26-27H,4-8,11-15,17H2,1-3H3,(H,28,29)/t21-,23+/m1/s1. The summed E-state index contributed by atoms with van der Waals surface area (Å²) in [4.78, 5) is 11.5. The monoisotopic (exact) mass is 417 g/mol. The van der Waals surface area contributed by atoms with E-state index in [-0.39, 0.29) is 29.4 Å². The lowest BCUT2D eigenvalue weighted by atomic mass is 9.62. The Balaban J connectivity index is 1.82. The molecule has 1 saturated carbocycles. The van der Waals surface area contributed by atoms with Gasteiger partial charge in [0, 0.05) is 25.0 Å².